The molecule has 0 radical (unpaired) electrons. The zero-order valence-electron chi connectivity index (χ0n) is 11.2. The first-order chi connectivity index (χ1) is 8.06. The monoisotopic (exact) mass is 237 g/mol. The number of aromatic hydroxyl groups is 1. The van der Waals surface area contributed by atoms with Crippen molar-refractivity contribution in [2.75, 3.05) is 27.3 Å². The van der Waals surface area contributed by atoms with Crippen LogP contribution in [0, 0.1) is 6.92 Å². The van der Waals surface area contributed by atoms with Crippen molar-refractivity contribution in [1.82, 2.24) is 4.90 Å². The summed E-state index contributed by atoms with van der Waals surface area (Å²) in [6, 6.07) is 5.96. The summed E-state index contributed by atoms with van der Waals surface area (Å²) in [6.07, 6.45) is 1.00. The lowest BCUT2D eigenvalue weighted by molar-refractivity contribution is 0.168. The lowest BCUT2D eigenvalue weighted by Gasteiger charge is -2.25. The average Bonchev–Trinajstić information content (AvgIpc) is 2.31. The second-order valence-corrected chi connectivity index (χ2v) is 4.57. The van der Waals surface area contributed by atoms with E-state index >= 15 is 0 Å². The summed E-state index contributed by atoms with van der Waals surface area (Å²) < 4.78 is 5.04. The van der Waals surface area contributed by atoms with Gasteiger partial charge in [0.1, 0.15) is 5.75 Å². The van der Waals surface area contributed by atoms with Crippen LogP contribution in [0.1, 0.15) is 30.5 Å². The van der Waals surface area contributed by atoms with E-state index in [1.165, 1.54) is 5.56 Å². The first-order valence-electron chi connectivity index (χ1n) is 6.05. The van der Waals surface area contributed by atoms with E-state index in [0.29, 0.717) is 5.75 Å². The lowest BCUT2D eigenvalue weighted by Crippen LogP contribution is -2.24. The summed E-state index contributed by atoms with van der Waals surface area (Å²) in [7, 11) is 3.79. The minimum atomic E-state index is 0.215. The van der Waals surface area contributed by atoms with E-state index in [1.54, 1.807) is 13.2 Å². The van der Waals surface area contributed by atoms with E-state index in [9.17, 15) is 5.11 Å². The van der Waals surface area contributed by atoms with Crippen molar-refractivity contribution in [2.24, 2.45) is 0 Å². The molecule has 0 bridgehead atoms. The van der Waals surface area contributed by atoms with Crippen LogP contribution in [0.3, 0.4) is 0 Å². The fourth-order valence-electron chi connectivity index (χ4n) is 1.90. The van der Waals surface area contributed by atoms with Crippen LogP contribution in [-0.4, -0.2) is 37.3 Å². The van der Waals surface area contributed by atoms with Gasteiger partial charge in [0.05, 0.1) is 0 Å². The smallest absolute Gasteiger partial charge is 0.120 e. The SMILES string of the molecule is COCCCN(C)C(C)c1cc(C)ccc1O. The largest absolute Gasteiger partial charge is 0.508 e. The zero-order chi connectivity index (χ0) is 12.8. The molecule has 3 nitrogen and oxygen atoms in total. The molecule has 3 heteroatoms. The van der Waals surface area contributed by atoms with E-state index in [1.807, 2.05) is 19.1 Å². The predicted octanol–water partition coefficient (Wildman–Crippen LogP) is 2.73. The molecule has 0 fully saturated rings. The van der Waals surface area contributed by atoms with E-state index in [4.69, 9.17) is 4.74 Å². The van der Waals surface area contributed by atoms with Gasteiger partial charge in [0.25, 0.3) is 0 Å². The van der Waals surface area contributed by atoms with Crippen molar-refractivity contribution in [3.63, 3.8) is 0 Å². The van der Waals surface area contributed by atoms with Crippen LogP contribution >= 0.6 is 0 Å². The summed E-state index contributed by atoms with van der Waals surface area (Å²) in [5.74, 6) is 0.377. The molecule has 1 atom stereocenters. The van der Waals surface area contributed by atoms with Gasteiger partial charge in [-0.15, -0.1) is 0 Å². The molecule has 0 amide bonds. The fraction of sp³-hybridized carbons (Fsp3) is 0.571. The molecule has 1 aromatic rings. The number of ether oxygens (including phenoxy) is 1. The minimum Gasteiger partial charge on any atom is -0.508 e. The van der Waals surface area contributed by atoms with Gasteiger partial charge in [-0.1, -0.05) is 17.7 Å². The first-order valence-corrected chi connectivity index (χ1v) is 6.05. The molecule has 17 heavy (non-hydrogen) atoms. The van der Waals surface area contributed by atoms with Gasteiger partial charge < -0.3 is 9.84 Å². The molecular weight excluding hydrogens is 214 g/mol. The Balaban J connectivity index is 2.67. The molecule has 0 saturated heterocycles. The molecule has 0 spiro atoms. The highest BCUT2D eigenvalue weighted by Gasteiger charge is 2.14. The van der Waals surface area contributed by atoms with Crippen molar-refractivity contribution in [3.8, 4) is 5.75 Å². The normalized spacial score (nSPS) is 13.0. The van der Waals surface area contributed by atoms with Gasteiger partial charge in [0.2, 0.25) is 0 Å². The topological polar surface area (TPSA) is 32.7 Å². The summed E-state index contributed by atoms with van der Waals surface area (Å²) in [5, 5.41) is 9.87. The Labute approximate surface area is 104 Å². The van der Waals surface area contributed by atoms with Crippen molar-refractivity contribution < 1.29 is 9.84 Å². The summed E-state index contributed by atoms with van der Waals surface area (Å²) in [4.78, 5) is 2.23. The minimum absolute atomic E-state index is 0.215. The van der Waals surface area contributed by atoms with Crippen LogP contribution in [0.25, 0.3) is 0 Å². The van der Waals surface area contributed by atoms with E-state index < -0.39 is 0 Å². The number of hydrogen-bond donors (Lipinski definition) is 1. The molecule has 96 valence electrons. The number of nitrogens with zero attached hydrogens (tertiary/aromatic N) is 1. The number of hydrogen-bond acceptors (Lipinski definition) is 3. The van der Waals surface area contributed by atoms with Crippen LogP contribution < -0.4 is 0 Å². The van der Waals surface area contributed by atoms with Gasteiger partial charge in [-0.25, -0.2) is 0 Å². The predicted molar refractivity (Wildman–Crippen MR) is 70.4 cm³/mol. The highest BCUT2D eigenvalue weighted by molar-refractivity contribution is 5.37. The highest BCUT2D eigenvalue weighted by atomic mass is 16.5. The number of methoxy groups -OCH3 is 1. The highest BCUT2D eigenvalue weighted by Crippen LogP contribution is 2.28. The Bertz CT molecular complexity index is 352. The maximum absolute atomic E-state index is 9.87. The third kappa shape index (κ3) is 4.02. The Morgan fingerprint density at radius 2 is 2.12 bits per heavy atom. The molecule has 0 aliphatic rings. The summed E-state index contributed by atoms with van der Waals surface area (Å²) in [6.45, 7) is 5.89. The Hall–Kier alpha value is -1.06. The maximum Gasteiger partial charge on any atom is 0.120 e. The number of rotatable bonds is 6. The second-order valence-electron chi connectivity index (χ2n) is 4.57. The van der Waals surface area contributed by atoms with Gasteiger partial charge >= 0.3 is 0 Å². The van der Waals surface area contributed by atoms with Crippen LogP contribution in [0.15, 0.2) is 18.2 Å². The van der Waals surface area contributed by atoms with Gasteiger partial charge in [0, 0.05) is 31.9 Å². The van der Waals surface area contributed by atoms with Crippen LogP contribution in [0.5, 0.6) is 5.75 Å². The van der Waals surface area contributed by atoms with Gasteiger partial charge in [-0.05, 0) is 33.4 Å². The molecule has 1 aromatic carbocycles. The molecule has 0 aliphatic carbocycles. The van der Waals surface area contributed by atoms with Crippen molar-refractivity contribution >= 4 is 0 Å². The Morgan fingerprint density at radius 3 is 2.76 bits per heavy atom. The molecule has 0 aromatic heterocycles. The fourth-order valence-corrected chi connectivity index (χ4v) is 1.90. The van der Waals surface area contributed by atoms with Crippen molar-refractivity contribution in [3.05, 3.63) is 29.3 Å². The van der Waals surface area contributed by atoms with Gasteiger partial charge in [-0.3, -0.25) is 4.90 Å². The Kier molecular flexibility index (Phi) is 5.45. The number of phenolic OH excluding ortho intramolecular Hbond substituents is 1. The summed E-state index contributed by atoms with van der Waals surface area (Å²) >= 11 is 0. The standard InChI is InChI=1S/C14H23NO2/c1-11-6-7-14(16)13(10-11)12(2)15(3)8-5-9-17-4/h6-7,10,12,16H,5,8-9H2,1-4H3. The molecule has 0 aliphatic heterocycles. The lowest BCUT2D eigenvalue weighted by atomic mass is 10.0. The number of phenols is 1. The van der Waals surface area contributed by atoms with Crippen molar-refractivity contribution in [2.45, 2.75) is 26.3 Å². The number of aryl methyl sites for hydroxylation is 1. The molecule has 0 heterocycles. The Morgan fingerprint density at radius 1 is 1.41 bits per heavy atom. The van der Waals surface area contributed by atoms with Crippen LogP contribution in [0.2, 0.25) is 0 Å². The molecule has 1 rings (SSSR count). The third-order valence-corrected chi connectivity index (χ3v) is 3.15. The van der Waals surface area contributed by atoms with Gasteiger partial charge in [0.15, 0.2) is 0 Å². The second kappa shape index (κ2) is 6.62. The first kappa shape index (κ1) is 14.0. The molecule has 0 saturated carbocycles. The van der Waals surface area contributed by atoms with Crippen LogP contribution in [-0.2, 0) is 4.74 Å². The summed E-state index contributed by atoms with van der Waals surface area (Å²) in [5.41, 5.74) is 2.17. The maximum atomic E-state index is 9.87. The van der Waals surface area contributed by atoms with E-state index in [-0.39, 0.29) is 6.04 Å². The third-order valence-electron chi connectivity index (χ3n) is 3.15. The van der Waals surface area contributed by atoms with Crippen LogP contribution in [0.4, 0.5) is 0 Å². The van der Waals surface area contributed by atoms with E-state index in [2.05, 4.69) is 18.9 Å². The quantitative estimate of drug-likeness (QED) is 0.772. The average molecular weight is 237 g/mol. The zero-order valence-corrected chi connectivity index (χ0v) is 11.2. The molecular formula is C14H23NO2. The molecule has 1 unspecified atom stereocenters. The van der Waals surface area contributed by atoms with Crippen molar-refractivity contribution in [1.29, 1.82) is 0 Å². The van der Waals surface area contributed by atoms with E-state index in [0.717, 1.165) is 25.1 Å². The number of benzene rings is 1. The molecule has 1 N–H and O–H groups in total. The van der Waals surface area contributed by atoms with Gasteiger partial charge in [-0.2, -0.15) is 0 Å².